The van der Waals surface area contributed by atoms with Crippen molar-refractivity contribution < 1.29 is 9.53 Å². The van der Waals surface area contributed by atoms with Gasteiger partial charge in [0.25, 0.3) is 0 Å². The molecule has 140 valence electrons. The first-order valence-electron chi connectivity index (χ1n) is 8.65. The van der Waals surface area contributed by atoms with Crippen molar-refractivity contribution in [3.63, 3.8) is 0 Å². The van der Waals surface area contributed by atoms with Crippen LogP contribution in [-0.2, 0) is 0 Å². The fourth-order valence-corrected chi connectivity index (χ4v) is 4.61. The van der Waals surface area contributed by atoms with Gasteiger partial charge in [-0.05, 0) is 31.2 Å². The molecule has 5 nitrogen and oxygen atoms in total. The summed E-state index contributed by atoms with van der Waals surface area (Å²) >= 11 is 2.97. The molecule has 0 amide bonds. The molecule has 0 atom stereocenters. The molecule has 2 aromatic carbocycles. The van der Waals surface area contributed by atoms with Crippen LogP contribution in [0.4, 0.5) is 0 Å². The van der Waals surface area contributed by atoms with Crippen molar-refractivity contribution >= 4 is 39.1 Å². The molecule has 4 rings (SSSR count). The second-order valence-electron chi connectivity index (χ2n) is 6.07. The van der Waals surface area contributed by atoms with Crippen LogP contribution in [0.2, 0.25) is 0 Å². The summed E-state index contributed by atoms with van der Waals surface area (Å²) in [6, 6.07) is 17.1. The molecule has 0 spiro atoms. The average Bonchev–Trinajstić information content (AvgIpc) is 3.14. The molecule has 0 radical (unpaired) electrons. The van der Waals surface area contributed by atoms with Gasteiger partial charge in [0, 0.05) is 11.1 Å². The topological polar surface area (TPSA) is 65.0 Å². The predicted octanol–water partition coefficient (Wildman–Crippen LogP) is 5.05. The Morgan fingerprint density at radius 3 is 2.54 bits per heavy atom. The van der Waals surface area contributed by atoms with Gasteiger partial charge in [-0.15, -0.1) is 21.5 Å². The Hall–Kier alpha value is -2.77. The first-order valence-corrected chi connectivity index (χ1v) is 10.4. The number of thioether (sulfide) groups is 1. The Balaban J connectivity index is 1.60. The molecular weight excluding hydrogens is 390 g/mol. The van der Waals surface area contributed by atoms with Crippen molar-refractivity contribution in [3.05, 3.63) is 65.2 Å². The van der Waals surface area contributed by atoms with E-state index in [2.05, 4.69) is 15.2 Å². The fourth-order valence-electron chi connectivity index (χ4n) is 2.80. The zero-order chi connectivity index (χ0) is 19.5. The highest BCUT2D eigenvalue weighted by Gasteiger charge is 2.17. The van der Waals surface area contributed by atoms with E-state index < -0.39 is 0 Å². The van der Waals surface area contributed by atoms with E-state index in [9.17, 15) is 4.79 Å². The van der Waals surface area contributed by atoms with Crippen LogP contribution in [0, 0.1) is 6.92 Å². The van der Waals surface area contributed by atoms with E-state index in [4.69, 9.17) is 4.74 Å². The van der Waals surface area contributed by atoms with Crippen molar-refractivity contribution in [2.45, 2.75) is 11.9 Å². The molecule has 0 N–H and O–H groups in total. The predicted molar refractivity (Wildman–Crippen MR) is 113 cm³/mol. The number of aryl methyl sites for hydroxylation is 1. The summed E-state index contributed by atoms with van der Waals surface area (Å²) in [4.78, 5) is 17.2. The first-order chi connectivity index (χ1) is 13.7. The maximum absolute atomic E-state index is 12.5. The second-order valence-corrected chi connectivity index (χ2v) is 8.24. The van der Waals surface area contributed by atoms with Gasteiger partial charge in [0.05, 0.1) is 22.6 Å². The van der Waals surface area contributed by atoms with E-state index in [1.165, 1.54) is 11.8 Å². The lowest BCUT2D eigenvalue weighted by Gasteiger charge is -2.05. The van der Waals surface area contributed by atoms with E-state index in [1.807, 2.05) is 37.3 Å². The molecule has 0 unspecified atom stereocenters. The number of carbonyl (C=O) groups excluding carboxylic acids is 1. The number of nitrogens with zero attached hydrogens (tertiary/aromatic N) is 3. The Bertz CT molecular complexity index is 1130. The smallest absolute Gasteiger partial charge is 0.173 e. The normalized spacial score (nSPS) is 10.9. The standard InChI is InChI=1S/C21H17N3O2S2/c1-13-22-19-20(28-13)18(15-6-4-3-5-7-15)23-24-21(19)27-12-17(25)14-8-10-16(26-2)11-9-14/h3-11H,12H2,1-2H3. The van der Waals surface area contributed by atoms with Gasteiger partial charge in [-0.2, -0.15) is 0 Å². The van der Waals surface area contributed by atoms with Crippen LogP contribution in [0.15, 0.2) is 59.6 Å². The Kier molecular flexibility index (Phi) is 5.36. The zero-order valence-corrected chi connectivity index (χ0v) is 17.0. The van der Waals surface area contributed by atoms with Crippen LogP contribution < -0.4 is 4.74 Å². The molecule has 28 heavy (non-hydrogen) atoms. The van der Waals surface area contributed by atoms with E-state index in [1.54, 1.807) is 42.7 Å². The van der Waals surface area contributed by atoms with Gasteiger partial charge in [0.1, 0.15) is 22.0 Å². The molecule has 2 heterocycles. The van der Waals surface area contributed by atoms with E-state index in [-0.39, 0.29) is 11.5 Å². The number of aromatic nitrogens is 3. The van der Waals surface area contributed by atoms with Gasteiger partial charge in [-0.1, -0.05) is 42.1 Å². The summed E-state index contributed by atoms with van der Waals surface area (Å²) in [6.45, 7) is 1.97. The van der Waals surface area contributed by atoms with Gasteiger partial charge < -0.3 is 4.74 Å². The number of hydrogen-bond acceptors (Lipinski definition) is 7. The second kappa shape index (κ2) is 8.08. The first kappa shape index (κ1) is 18.6. The average molecular weight is 408 g/mol. The van der Waals surface area contributed by atoms with E-state index >= 15 is 0 Å². The van der Waals surface area contributed by atoms with Crippen molar-refractivity contribution in [2.75, 3.05) is 12.9 Å². The molecule has 0 saturated carbocycles. The minimum Gasteiger partial charge on any atom is -0.497 e. The van der Waals surface area contributed by atoms with Gasteiger partial charge >= 0.3 is 0 Å². The number of ether oxygens (including phenoxy) is 1. The summed E-state index contributed by atoms with van der Waals surface area (Å²) in [6.07, 6.45) is 0. The summed E-state index contributed by atoms with van der Waals surface area (Å²) in [5.41, 5.74) is 3.29. The molecule has 0 fully saturated rings. The van der Waals surface area contributed by atoms with E-state index in [0.717, 1.165) is 32.2 Å². The highest BCUT2D eigenvalue weighted by Crippen LogP contribution is 2.35. The number of rotatable bonds is 6. The van der Waals surface area contributed by atoms with Gasteiger partial charge in [-0.3, -0.25) is 4.79 Å². The Morgan fingerprint density at radius 2 is 1.82 bits per heavy atom. The minimum absolute atomic E-state index is 0.0293. The highest BCUT2D eigenvalue weighted by atomic mass is 32.2. The number of thiazole rings is 1. The van der Waals surface area contributed by atoms with Crippen LogP contribution in [0.1, 0.15) is 15.4 Å². The van der Waals surface area contributed by atoms with Crippen molar-refractivity contribution in [3.8, 4) is 17.0 Å². The van der Waals surface area contributed by atoms with Crippen LogP contribution in [0.3, 0.4) is 0 Å². The quantitative estimate of drug-likeness (QED) is 0.329. The number of carbonyl (C=O) groups is 1. The fraction of sp³-hybridized carbons (Fsp3) is 0.143. The molecule has 0 aliphatic carbocycles. The number of methoxy groups -OCH3 is 1. The third-order valence-corrected chi connectivity index (χ3v) is 6.12. The zero-order valence-electron chi connectivity index (χ0n) is 15.4. The maximum Gasteiger partial charge on any atom is 0.173 e. The molecule has 0 aliphatic heterocycles. The molecule has 2 aromatic heterocycles. The summed E-state index contributed by atoms with van der Waals surface area (Å²) in [7, 11) is 1.60. The summed E-state index contributed by atoms with van der Waals surface area (Å²) in [5, 5.41) is 10.4. The van der Waals surface area contributed by atoms with Crippen molar-refractivity contribution in [2.24, 2.45) is 0 Å². The van der Waals surface area contributed by atoms with Crippen molar-refractivity contribution in [1.82, 2.24) is 15.2 Å². The van der Waals surface area contributed by atoms with Gasteiger partial charge in [0.15, 0.2) is 5.78 Å². The van der Waals surface area contributed by atoms with Crippen LogP contribution in [0.5, 0.6) is 5.75 Å². The lowest BCUT2D eigenvalue weighted by Crippen LogP contribution is -2.03. The highest BCUT2D eigenvalue weighted by molar-refractivity contribution is 8.00. The van der Waals surface area contributed by atoms with Gasteiger partial charge in [-0.25, -0.2) is 4.98 Å². The number of hydrogen-bond donors (Lipinski definition) is 0. The number of fused-ring (bicyclic) bond motifs is 1. The molecule has 4 aromatic rings. The molecule has 7 heteroatoms. The van der Waals surface area contributed by atoms with Crippen LogP contribution in [-0.4, -0.2) is 33.8 Å². The van der Waals surface area contributed by atoms with Gasteiger partial charge in [0.2, 0.25) is 0 Å². The molecular formula is C21H17N3O2S2. The molecule has 0 bridgehead atoms. The molecule has 0 saturated heterocycles. The third-order valence-electron chi connectivity index (χ3n) is 4.19. The largest absolute Gasteiger partial charge is 0.497 e. The van der Waals surface area contributed by atoms with E-state index in [0.29, 0.717) is 10.6 Å². The lowest BCUT2D eigenvalue weighted by atomic mass is 10.1. The number of ketones is 1. The lowest BCUT2D eigenvalue weighted by molar-refractivity contribution is 0.102. The van der Waals surface area contributed by atoms with Crippen LogP contribution in [0.25, 0.3) is 21.5 Å². The minimum atomic E-state index is 0.0293. The Morgan fingerprint density at radius 1 is 1.07 bits per heavy atom. The van der Waals surface area contributed by atoms with Crippen molar-refractivity contribution in [1.29, 1.82) is 0 Å². The SMILES string of the molecule is COc1ccc(C(=O)CSc2nnc(-c3ccccc3)c3sc(C)nc23)cc1. The number of Topliss-reactive ketones (excluding diaryl/α,β-unsaturated/α-hetero) is 1. The third kappa shape index (κ3) is 3.76. The van der Waals surface area contributed by atoms with Crippen LogP contribution >= 0.6 is 23.1 Å². The maximum atomic E-state index is 12.5. The summed E-state index contributed by atoms with van der Waals surface area (Å²) in [5.74, 6) is 1.03. The Labute approximate surface area is 170 Å². The monoisotopic (exact) mass is 407 g/mol. The molecule has 0 aliphatic rings. The number of benzene rings is 2. The summed E-state index contributed by atoms with van der Waals surface area (Å²) < 4.78 is 6.13.